The van der Waals surface area contributed by atoms with E-state index in [1.165, 1.54) is 35.6 Å². The summed E-state index contributed by atoms with van der Waals surface area (Å²) < 4.78 is 37.1. The zero-order valence-corrected chi connectivity index (χ0v) is 10.7. The molecule has 0 aliphatic heterocycles. The van der Waals surface area contributed by atoms with Crippen LogP contribution >= 0.6 is 0 Å². The molecule has 0 saturated carbocycles. The van der Waals surface area contributed by atoms with Gasteiger partial charge in [0.25, 0.3) is 0 Å². The maximum Gasteiger partial charge on any atom is 0.239 e. The van der Waals surface area contributed by atoms with Crippen molar-refractivity contribution in [2.24, 2.45) is 0 Å². The van der Waals surface area contributed by atoms with E-state index in [1.807, 2.05) is 0 Å². The number of rotatable bonds is 2. The van der Waals surface area contributed by atoms with Crippen molar-refractivity contribution in [3.63, 3.8) is 0 Å². The molecule has 0 amide bonds. The topological polar surface area (TPSA) is 37.4 Å². The molecule has 0 atom stereocenters. The average molecular weight is 245 g/mol. The molecule has 0 fully saturated rings. The first-order valence-corrected chi connectivity index (χ1v) is 6.34. The lowest BCUT2D eigenvalue weighted by Gasteiger charge is -2.28. The second-order valence-corrected chi connectivity index (χ2v) is 7.28. The van der Waals surface area contributed by atoms with E-state index in [9.17, 15) is 12.8 Å². The maximum absolute atomic E-state index is 12.7. The molecule has 1 rings (SSSR count). The Labute approximate surface area is 95.9 Å². The van der Waals surface area contributed by atoms with E-state index in [1.54, 1.807) is 20.8 Å². The third kappa shape index (κ3) is 2.35. The Balaban J connectivity index is 3.13. The molecule has 0 unspecified atom stereocenters. The molecule has 1 aromatic carbocycles. The van der Waals surface area contributed by atoms with Gasteiger partial charge in [-0.25, -0.2) is 12.8 Å². The van der Waals surface area contributed by atoms with Crippen molar-refractivity contribution < 1.29 is 12.8 Å². The summed E-state index contributed by atoms with van der Waals surface area (Å²) in [5.74, 6) is -0.384. The third-order valence-corrected chi connectivity index (χ3v) is 4.80. The van der Waals surface area contributed by atoms with Crippen LogP contribution in [-0.4, -0.2) is 20.2 Å². The summed E-state index contributed by atoms with van der Waals surface area (Å²) in [4.78, 5) is 0. The van der Waals surface area contributed by atoms with Crippen molar-refractivity contribution in [1.29, 1.82) is 0 Å². The van der Waals surface area contributed by atoms with E-state index in [-0.39, 0.29) is 5.82 Å². The van der Waals surface area contributed by atoms with Gasteiger partial charge in [-0.15, -0.1) is 0 Å². The van der Waals surface area contributed by atoms with Gasteiger partial charge in [-0.3, -0.25) is 4.31 Å². The summed E-state index contributed by atoms with van der Waals surface area (Å²) in [5, 5.41) is 0. The second-order valence-electron chi connectivity index (χ2n) is 4.56. The first-order valence-electron chi connectivity index (χ1n) is 4.90. The smallest absolute Gasteiger partial charge is 0.239 e. The van der Waals surface area contributed by atoms with Gasteiger partial charge >= 0.3 is 0 Å². The van der Waals surface area contributed by atoms with Crippen LogP contribution in [0.3, 0.4) is 0 Å². The largest absolute Gasteiger partial charge is 0.273 e. The monoisotopic (exact) mass is 245 g/mol. The third-order valence-electron chi connectivity index (χ3n) is 2.32. The number of halogens is 1. The number of hydrogen-bond donors (Lipinski definition) is 0. The highest BCUT2D eigenvalue weighted by molar-refractivity contribution is 7.94. The lowest BCUT2D eigenvalue weighted by molar-refractivity contribution is 0.558. The molecular weight excluding hydrogens is 229 g/mol. The van der Waals surface area contributed by atoms with Crippen LogP contribution in [-0.2, 0) is 10.0 Å². The van der Waals surface area contributed by atoms with Gasteiger partial charge in [-0.2, -0.15) is 0 Å². The van der Waals surface area contributed by atoms with Gasteiger partial charge in [0, 0.05) is 7.05 Å². The second kappa shape index (κ2) is 4.05. The zero-order chi connectivity index (χ0) is 12.6. The highest BCUT2D eigenvalue weighted by atomic mass is 32.2. The van der Waals surface area contributed by atoms with E-state index < -0.39 is 14.8 Å². The van der Waals surface area contributed by atoms with Crippen LogP contribution in [0, 0.1) is 5.82 Å². The predicted molar refractivity (Wildman–Crippen MR) is 63.5 cm³/mol. The minimum absolute atomic E-state index is 0.384. The molecular formula is C11H16FNO2S. The Morgan fingerprint density at radius 3 is 1.94 bits per heavy atom. The molecule has 3 nitrogen and oxygen atoms in total. The van der Waals surface area contributed by atoms with Crippen LogP contribution < -0.4 is 4.31 Å². The molecule has 0 heterocycles. The molecule has 5 heteroatoms. The van der Waals surface area contributed by atoms with Gasteiger partial charge in [-0.1, -0.05) is 0 Å². The maximum atomic E-state index is 12.7. The first kappa shape index (κ1) is 13.0. The summed E-state index contributed by atoms with van der Waals surface area (Å²) in [7, 11) is -1.97. The van der Waals surface area contributed by atoms with Crippen LogP contribution in [0.2, 0.25) is 0 Å². The van der Waals surface area contributed by atoms with Gasteiger partial charge in [0.05, 0.1) is 10.4 Å². The normalized spacial score (nSPS) is 12.6. The van der Waals surface area contributed by atoms with E-state index in [2.05, 4.69) is 0 Å². The summed E-state index contributed by atoms with van der Waals surface area (Å²) in [6, 6.07) is 5.37. The Morgan fingerprint density at radius 1 is 1.12 bits per heavy atom. The molecule has 0 aliphatic rings. The van der Waals surface area contributed by atoms with Crippen molar-refractivity contribution in [3.05, 3.63) is 30.1 Å². The standard InChI is InChI=1S/C11H16FNO2S/c1-11(2,3)16(14,15)13(4)10-7-5-9(12)6-8-10/h5-8H,1-4H3. The Morgan fingerprint density at radius 2 is 1.56 bits per heavy atom. The van der Waals surface area contributed by atoms with Crippen LogP contribution in [0.25, 0.3) is 0 Å². The molecule has 16 heavy (non-hydrogen) atoms. The average Bonchev–Trinajstić information content (AvgIpc) is 2.16. The van der Waals surface area contributed by atoms with Crippen LogP contribution in [0.4, 0.5) is 10.1 Å². The van der Waals surface area contributed by atoms with Crippen LogP contribution in [0.5, 0.6) is 0 Å². The Hall–Kier alpha value is -1.10. The quantitative estimate of drug-likeness (QED) is 0.802. The molecule has 90 valence electrons. The molecule has 0 spiro atoms. The number of sulfonamides is 1. The van der Waals surface area contributed by atoms with Gasteiger partial charge < -0.3 is 0 Å². The summed E-state index contributed by atoms with van der Waals surface area (Å²) in [6.45, 7) is 4.88. The molecule has 0 bridgehead atoms. The number of nitrogens with zero attached hydrogens (tertiary/aromatic N) is 1. The fraction of sp³-hybridized carbons (Fsp3) is 0.455. The number of anilines is 1. The highest BCUT2D eigenvalue weighted by Gasteiger charge is 2.33. The molecule has 1 aromatic rings. The molecule has 0 radical (unpaired) electrons. The SMILES string of the molecule is CN(c1ccc(F)cc1)S(=O)(=O)C(C)(C)C. The van der Waals surface area contributed by atoms with E-state index in [0.717, 1.165) is 0 Å². The Kier molecular flexibility index (Phi) is 3.28. The number of benzene rings is 1. The fourth-order valence-corrected chi connectivity index (χ4v) is 2.42. The van der Waals surface area contributed by atoms with Crippen molar-refractivity contribution in [1.82, 2.24) is 0 Å². The predicted octanol–water partition coefficient (Wildman–Crippen LogP) is 2.39. The lowest BCUT2D eigenvalue weighted by Crippen LogP contribution is -2.40. The van der Waals surface area contributed by atoms with Gasteiger partial charge in [0.15, 0.2) is 0 Å². The minimum atomic E-state index is -3.43. The fourth-order valence-electron chi connectivity index (χ4n) is 1.20. The Bertz CT molecular complexity index is 460. The minimum Gasteiger partial charge on any atom is -0.273 e. The van der Waals surface area contributed by atoms with Gasteiger partial charge in [0.1, 0.15) is 5.82 Å². The van der Waals surface area contributed by atoms with Crippen LogP contribution in [0.1, 0.15) is 20.8 Å². The van der Waals surface area contributed by atoms with Gasteiger partial charge in [0.2, 0.25) is 10.0 Å². The zero-order valence-electron chi connectivity index (χ0n) is 9.86. The molecule has 0 N–H and O–H groups in total. The van der Waals surface area contributed by atoms with E-state index in [0.29, 0.717) is 5.69 Å². The summed E-state index contributed by atoms with van der Waals surface area (Å²) in [5.41, 5.74) is 0.455. The molecule has 0 aliphatic carbocycles. The molecule has 0 aromatic heterocycles. The lowest BCUT2D eigenvalue weighted by atomic mass is 10.3. The number of hydrogen-bond acceptors (Lipinski definition) is 2. The van der Waals surface area contributed by atoms with Crippen molar-refractivity contribution >= 4 is 15.7 Å². The van der Waals surface area contributed by atoms with Gasteiger partial charge in [-0.05, 0) is 45.0 Å². The first-order chi connectivity index (χ1) is 7.16. The summed E-state index contributed by atoms with van der Waals surface area (Å²) in [6.07, 6.45) is 0. The van der Waals surface area contributed by atoms with Crippen LogP contribution in [0.15, 0.2) is 24.3 Å². The van der Waals surface area contributed by atoms with Crippen molar-refractivity contribution in [2.45, 2.75) is 25.5 Å². The highest BCUT2D eigenvalue weighted by Crippen LogP contribution is 2.24. The van der Waals surface area contributed by atoms with Crippen molar-refractivity contribution in [2.75, 3.05) is 11.4 Å². The van der Waals surface area contributed by atoms with E-state index in [4.69, 9.17) is 0 Å². The molecule has 0 saturated heterocycles. The van der Waals surface area contributed by atoms with Crippen molar-refractivity contribution in [3.8, 4) is 0 Å². The van der Waals surface area contributed by atoms with E-state index >= 15 is 0 Å². The summed E-state index contributed by atoms with van der Waals surface area (Å²) >= 11 is 0.